The molecule has 2 aliphatic rings. The first-order chi connectivity index (χ1) is 17.5. The zero-order valence-electron chi connectivity index (χ0n) is 22.0. The fourth-order valence-corrected chi connectivity index (χ4v) is 7.59. The van der Waals surface area contributed by atoms with Crippen LogP contribution in [0.5, 0.6) is 0 Å². The SMILES string of the molecule is CC1(S(=O)(=O)N2CC(CC#N)(n3cc(-c4ncnc5c4ccn5CCOCC[Si](C)(C)C)cn3)C2)CC1. The van der Waals surface area contributed by atoms with Crippen molar-refractivity contribution in [2.75, 3.05) is 26.3 Å². The summed E-state index contributed by atoms with van der Waals surface area (Å²) in [6, 6.07) is 5.38. The molecule has 12 heteroatoms. The van der Waals surface area contributed by atoms with E-state index in [1.165, 1.54) is 4.31 Å². The van der Waals surface area contributed by atoms with Crippen LogP contribution in [0.2, 0.25) is 25.7 Å². The van der Waals surface area contributed by atoms with E-state index in [4.69, 9.17) is 4.74 Å². The molecule has 4 heterocycles. The van der Waals surface area contributed by atoms with Gasteiger partial charge in [0.2, 0.25) is 10.0 Å². The lowest BCUT2D eigenvalue weighted by molar-refractivity contribution is 0.0707. The van der Waals surface area contributed by atoms with Crippen LogP contribution in [0.4, 0.5) is 0 Å². The molecule has 0 radical (unpaired) electrons. The van der Waals surface area contributed by atoms with Crippen LogP contribution in [0.25, 0.3) is 22.3 Å². The Kier molecular flexibility index (Phi) is 6.55. The van der Waals surface area contributed by atoms with Crippen molar-refractivity contribution >= 4 is 29.1 Å². The number of hydrogen-bond donors (Lipinski definition) is 0. The van der Waals surface area contributed by atoms with Crippen LogP contribution in [-0.4, -0.2) is 76.2 Å². The third-order valence-electron chi connectivity index (χ3n) is 7.64. The summed E-state index contributed by atoms with van der Waals surface area (Å²) in [6.07, 6.45) is 8.73. The largest absolute Gasteiger partial charge is 0.380 e. The van der Waals surface area contributed by atoms with Crippen molar-refractivity contribution in [2.24, 2.45) is 0 Å². The Morgan fingerprint density at radius 3 is 2.62 bits per heavy atom. The summed E-state index contributed by atoms with van der Waals surface area (Å²) < 4.78 is 36.4. The Morgan fingerprint density at radius 1 is 1.19 bits per heavy atom. The van der Waals surface area contributed by atoms with Crippen LogP contribution in [0.1, 0.15) is 26.2 Å². The molecular weight excluding hydrogens is 506 g/mol. The van der Waals surface area contributed by atoms with Gasteiger partial charge < -0.3 is 9.30 Å². The Morgan fingerprint density at radius 2 is 1.95 bits per heavy atom. The van der Waals surface area contributed by atoms with Crippen LogP contribution >= 0.6 is 0 Å². The summed E-state index contributed by atoms with van der Waals surface area (Å²) in [5.41, 5.74) is 1.73. The van der Waals surface area contributed by atoms with Gasteiger partial charge in [-0.15, -0.1) is 0 Å². The van der Waals surface area contributed by atoms with Gasteiger partial charge in [0.05, 0.1) is 35.7 Å². The number of nitrogens with zero attached hydrogens (tertiary/aromatic N) is 7. The Labute approximate surface area is 219 Å². The van der Waals surface area contributed by atoms with Crippen molar-refractivity contribution in [3.8, 4) is 17.3 Å². The molecule has 0 bridgehead atoms. The predicted octanol–water partition coefficient (Wildman–Crippen LogP) is 3.46. The lowest BCUT2D eigenvalue weighted by atomic mass is 9.89. The Hall–Kier alpha value is -2.59. The highest BCUT2D eigenvalue weighted by molar-refractivity contribution is 7.90. The monoisotopic (exact) mass is 541 g/mol. The third kappa shape index (κ3) is 4.85. The molecule has 1 saturated carbocycles. The molecule has 10 nitrogen and oxygen atoms in total. The molecule has 0 unspecified atom stereocenters. The van der Waals surface area contributed by atoms with E-state index in [-0.39, 0.29) is 19.5 Å². The summed E-state index contributed by atoms with van der Waals surface area (Å²) in [4.78, 5) is 9.03. The zero-order chi connectivity index (χ0) is 26.5. The van der Waals surface area contributed by atoms with Crippen LogP contribution in [-0.2, 0) is 26.8 Å². The maximum atomic E-state index is 12.9. The summed E-state index contributed by atoms with van der Waals surface area (Å²) >= 11 is 0. The van der Waals surface area contributed by atoms with E-state index in [1.807, 2.05) is 18.5 Å². The first-order valence-electron chi connectivity index (χ1n) is 12.8. The minimum Gasteiger partial charge on any atom is -0.380 e. The lowest BCUT2D eigenvalue weighted by Crippen LogP contribution is -2.65. The van der Waals surface area contributed by atoms with Crippen LogP contribution in [0.3, 0.4) is 0 Å². The molecule has 3 aromatic rings. The maximum Gasteiger partial charge on any atom is 0.219 e. The van der Waals surface area contributed by atoms with Crippen molar-refractivity contribution < 1.29 is 13.2 Å². The van der Waals surface area contributed by atoms with E-state index >= 15 is 0 Å². The molecule has 198 valence electrons. The third-order valence-corrected chi connectivity index (χ3v) is 11.9. The number of rotatable bonds is 11. The first-order valence-corrected chi connectivity index (χ1v) is 17.9. The van der Waals surface area contributed by atoms with Crippen LogP contribution < -0.4 is 0 Å². The normalized spacial score (nSPS) is 19.0. The molecule has 0 aromatic carbocycles. The number of nitriles is 1. The second kappa shape index (κ2) is 9.30. The summed E-state index contributed by atoms with van der Waals surface area (Å²) in [7, 11) is -4.47. The molecule has 1 aliphatic heterocycles. The highest BCUT2D eigenvalue weighted by Crippen LogP contribution is 2.48. The van der Waals surface area contributed by atoms with Crippen molar-refractivity contribution in [3.63, 3.8) is 0 Å². The minimum absolute atomic E-state index is 0.185. The highest BCUT2D eigenvalue weighted by Gasteiger charge is 2.59. The lowest BCUT2D eigenvalue weighted by Gasteiger charge is -2.48. The fraction of sp³-hybridized carbons (Fsp3) is 0.600. The highest BCUT2D eigenvalue weighted by atomic mass is 32.2. The molecule has 37 heavy (non-hydrogen) atoms. The molecule has 1 aliphatic carbocycles. The smallest absolute Gasteiger partial charge is 0.219 e. The van der Waals surface area contributed by atoms with Gasteiger partial charge in [-0.25, -0.2) is 18.4 Å². The van der Waals surface area contributed by atoms with Gasteiger partial charge in [0.25, 0.3) is 0 Å². The molecule has 0 amide bonds. The van der Waals surface area contributed by atoms with Crippen molar-refractivity contribution in [2.45, 2.75) is 68.7 Å². The number of fused-ring (bicyclic) bond motifs is 1. The first kappa shape index (κ1) is 26.0. The number of aromatic nitrogens is 5. The quantitative estimate of drug-likeness (QED) is 0.269. The van der Waals surface area contributed by atoms with Gasteiger partial charge in [0.15, 0.2) is 0 Å². The van der Waals surface area contributed by atoms with Gasteiger partial charge in [-0.2, -0.15) is 14.7 Å². The standard InChI is InChI=1S/C25H35N7O3SSi/c1-24(6-7-24)36(33,34)31-17-25(18-31,8-9-26)32-16-20(15-29-32)22-21-5-10-30(23(21)28-19-27-22)11-12-35-13-14-37(2,3)4/h5,10,15-16,19H,6-8,11-14,17-18H2,1-4H3. The van der Waals surface area contributed by atoms with Gasteiger partial charge in [0.1, 0.15) is 17.5 Å². The van der Waals surface area contributed by atoms with Crippen molar-refractivity contribution in [1.29, 1.82) is 5.26 Å². The number of sulfonamides is 1. The van der Waals surface area contributed by atoms with Gasteiger partial charge in [-0.05, 0) is 31.9 Å². The molecule has 1 saturated heterocycles. The van der Waals surface area contributed by atoms with Crippen LogP contribution in [0, 0.1) is 11.3 Å². The summed E-state index contributed by atoms with van der Waals surface area (Å²) in [6.45, 7) is 11.5. The van der Waals surface area contributed by atoms with E-state index in [2.05, 4.69) is 45.3 Å². The number of ether oxygens (including phenoxy) is 1. The van der Waals surface area contributed by atoms with E-state index < -0.39 is 28.4 Å². The minimum atomic E-state index is -3.37. The van der Waals surface area contributed by atoms with Gasteiger partial charge >= 0.3 is 0 Å². The Balaban J connectivity index is 1.32. The van der Waals surface area contributed by atoms with Gasteiger partial charge in [-0.1, -0.05) is 19.6 Å². The predicted molar refractivity (Wildman–Crippen MR) is 144 cm³/mol. The van der Waals surface area contributed by atoms with E-state index in [0.717, 1.165) is 34.9 Å². The number of hydrogen-bond acceptors (Lipinski definition) is 7. The van der Waals surface area contributed by atoms with Crippen molar-refractivity contribution in [3.05, 3.63) is 31.0 Å². The molecule has 0 spiro atoms. The van der Waals surface area contributed by atoms with Crippen molar-refractivity contribution in [1.82, 2.24) is 28.6 Å². The maximum absolute atomic E-state index is 12.9. The average molecular weight is 542 g/mol. The molecule has 0 atom stereocenters. The molecule has 5 rings (SSSR count). The fourth-order valence-electron chi connectivity index (χ4n) is 4.77. The Bertz CT molecular complexity index is 1440. The van der Waals surface area contributed by atoms with E-state index in [0.29, 0.717) is 26.0 Å². The molecule has 3 aromatic heterocycles. The second-order valence-electron chi connectivity index (χ2n) is 11.8. The summed E-state index contributed by atoms with van der Waals surface area (Å²) in [5.74, 6) is 0. The second-order valence-corrected chi connectivity index (χ2v) is 19.9. The zero-order valence-corrected chi connectivity index (χ0v) is 23.8. The molecule has 2 fully saturated rings. The topological polar surface area (TPSA) is 119 Å². The average Bonchev–Trinajstić information content (AvgIpc) is 3.22. The van der Waals surface area contributed by atoms with Gasteiger partial charge in [0, 0.05) is 57.7 Å². The van der Waals surface area contributed by atoms with E-state index in [9.17, 15) is 13.7 Å². The molecule has 0 N–H and O–H groups in total. The summed E-state index contributed by atoms with van der Waals surface area (Å²) in [5, 5.41) is 15.0. The van der Waals surface area contributed by atoms with Crippen LogP contribution in [0.15, 0.2) is 31.0 Å². The van der Waals surface area contributed by atoms with Gasteiger partial charge in [-0.3, -0.25) is 4.68 Å². The molecular formula is C25H35N7O3SSi. The van der Waals surface area contributed by atoms with E-state index in [1.54, 1.807) is 24.1 Å².